The molecule has 2 saturated heterocycles. The van der Waals surface area contributed by atoms with Crippen molar-refractivity contribution < 1.29 is 5.11 Å². The summed E-state index contributed by atoms with van der Waals surface area (Å²) in [6, 6.07) is 1.89. The van der Waals surface area contributed by atoms with Gasteiger partial charge in [0.25, 0.3) is 0 Å². The molecule has 0 bridgehead atoms. The van der Waals surface area contributed by atoms with E-state index < -0.39 is 0 Å². The number of piperidine rings is 2. The average Bonchev–Trinajstić information content (AvgIpc) is 2.76. The van der Waals surface area contributed by atoms with Crippen LogP contribution < -0.4 is 10.6 Å². The zero-order valence-corrected chi connectivity index (χ0v) is 26.6. The second-order valence-electron chi connectivity index (χ2n) is 16.2. The molecule has 2 saturated carbocycles. The quantitative estimate of drug-likeness (QED) is 0.308. The molecule has 4 rings (SSSR count). The van der Waals surface area contributed by atoms with E-state index in [4.69, 9.17) is 0 Å². The molecule has 0 unspecified atom stereocenters. The maximum atomic E-state index is 11.8. The summed E-state index contributed by atoms with van der Waals surface area (Å²) < 4.78 is 0. The van der Waals surface area contributed by atoms with Crippen LogP contribution in [-0.2, 0) is 0 Å². The van der Waals surface area contributed by atoms with Gasteiger partial charge in [0.05, 0.1) is 0 Å². The van der Waals surface area contributed by atoms with Crippen molar-refractivity contribution in [2.75, 3.05) is 0 Å². The minimum absolute atomic E-state index is 0.0716. The van der Waals surface area contributed by atoms with E-state index in [9.17, 15) is 5.11 Å². The van der Waals surface area contributed by atoms with E-state index >= 15 is 0 Å². The molecule has 0 radical (unpaired) electrons. The van der Waals surface area contributed by atoms with Crippen LogP contribution in [0.2, 0.25) is 0 Å². The fourth-order valence-corrected chi connectivity index (χ4v) is 9.44. The molecule has 3 N–H and O–H groups in total. The topological polar surface area (TPSA) is 50.8 Å². The molecule has 0 spiro atoms. The van der Waals surface area contributed by atoms with Gasteiger partial charge in [0.2, 0.25) is 0 Å². The maximum Gasteiger partial charge on any atom is 0.143 e. The third kappa shape index (κ3) is 7.22. The Morgan fingerprint density at radius 3 is 1.08 bits per heavy atom. The van der Waals surface area contributed by atoms with Crippen LogP contribution in [0.15, 0.2) is 11.6 Å². The number of allylic oxidation sites excluding steroid dienone is 1. The van der Waals surface area contributed by atoms with Crippen molar-refractivity contribution >= 4 is 0 Å². The predicted molar refractivity (Wildman–Crippen MR) is 161 cm³/mol. The molecule has 2 aliphatic carbocycles. The van der Waals surface area contributed by atoms with Gasteiger partial charge in [0.15, 0.2) is 0 Å². The lowest BCUT2D eigenvalue weighted by molar-refractivity contribution is -0.0212. The van der Waals surface area contributed by atoms with Crippen LogP contribution >= 0.6 is 0 Å². The molecule has 38 heavy (non-hydrogen) atoms. The molecule has 0 aromatic carbocycles. The van der Waals surface area contributed by atoms with Crippen LogP contribution in [0, 0.1) is 0 Å². The molecule has 2 aliphatic heterocycles. The lowest BCUT2D eigenvalue weighted by Crippen LogP contribution is -2.66. The van der Waals surface area contributed by atoms with Gasteiger partial charge in [-0.25, -0.2) is 0 Å². The standard InChI is InChI=1S/C33H62N4O/c1-24(38)29(36(25-16-12-10-13-17-25)27-20-30(2,3)34-31(4,5)21-27)37(26-18-14-11-15-19-26)28-22-32(6,7)35-33(8,9)23-28/h25-28,34-35,38H,10-23H2,1-9H3. The van der Waals surface area contributed by atoms with Crippen molar-refractivity contribution in [1.82, 2.24) is 20.4 Å². The molecule has 5 nitrogen and oxygen atoms in total. The van der Waals surface area contributed by atoms with Crippen molar-refractivity contribution in [3.8, 4) is 0 Å². The fraction of sp³-hybridized carbons (Fsp3) is 0.939. The van der Waals surface area contributed by atoms with Crippen molar-refractivity contribution in [3.63, 3.8) is 0 Å². The molecule has 0 atom stereocenters. The van der Waals surface area contributed by atoms with Crippen LogP contribution in [0.3, 0.4) is 0 Å². The highest BCUT2D eigenvalue weighted by molar-refractivity contribution is 5.16. The van der Waals surface area contributed by atoms with Gasteiger partial charge in [0.1, 0.15) is 11.6 Å². The third-order valence-corrected chi connectivity index (χ3v) is 9.87. The van der Waals surface area contributed by atoms with Gasteiger partial charge in [-0.05, 0) is 114 Å². The van der Waals surface area contributed by atoms with Crippen LogP contribution in [0.1, 0.15) is 152 Å². The van der Waals surface area contributed by atoms with E-state index in [2.05, 4.69) is 75.8 Å². The molecular formula is C33H62N4O. The number of nitrogens with zero attached hydrogens (tertiary/aromatic N) is 2. The Bertz CT molecular complexity index is 734. The lowest BCUT2D eigenvalue weighted by Gasteiger charge is -2.58. The van der Waals surface area contributed by atoms with Gasteiger partial charge in [-0.3, -0.25) is 0 Å². The highest BCUT2D eigenvalue weighted by Crippen LogP contribution is 2.43. The minimum atomic E-state index is 0.0716. The van der Waals surface area contributed by atoms with Crippen LogP contribution in [0.25, 0.3) is 0 Å². The molecule has 0 amide bonds. The molecule has 4 aliphatic rings. The highest BCUT2D eigenvalue weighted by atomic mass is 16.3. The number of nitrogens with one attached hydrogen (secondary N) is 2. The summed E-state index contributed by atoms with van der Waals surface area (Å²) in [6.45, 7) is 21.0. The van der Waals surface area contributed by atoms with E-state index in [-0.39, 0.29) is 22.2 Å². The van der Waals surface area contributed by atoms with Crippen LogP contribution in [-0.4, -0.2) is 61.2 Å². The first kappa shape index (κ1) is 30.0. The van der Waals surface area contributed by atoms with Gasteiger partial charge in [-0.15, -0.1) is 0 Å². The maximum absolute atomic E-state index is 11.8. The summed E-state index contributed by atoms with van der Waals surface area (Å²) in [4.78, 5) is 5.63. The highest BCUT2D eigenvalue weighted by Gasteiger charge is 2.48. The molecular weight excluding hydrogens is 468 g/mol. The summed E-state index contributed by atoms with van der Waals surface area (Å²) in [7, 11) is 0. The SMILES string of the molecule is CC(O)=C(N(C1CCCCC1)C1CC(C)(C)NC(C)(C)C1)N(C1CCCCC1)C1CC(C)(C)NC(C)(C)C1. The Hall–Kier alpha value is -0.940. The summed E-state index contributed by atoms with van der Waals surface area (Å²) in [6.07, 6.45) is 17.4. The minimum Gasteiger partial charge on any atom is -0.509 e. The van der Waals surface area contributed by atoms with Gasteiger partial charge in [-0.1, -0.05) is 38.5 Å². The van der Waals surface area contributed by atoms with Gasteiger partial charge in [-0.2, -0.15) is 0 Å². The van der Waals surface area contributed by atoms with E-state index in [0.29, 0.717) is 29.9 Å². The van der Waals surface area contributed by atoms with Gasteiger partial charge >= 0.3 is 0 Å². The van der Waals surface area contributed by atoms with E-state index in [1.807, 2.05) is 6.92 Å². The average molecular weight is 531 g/mol. The first-order chi connectivity index (χ1) is 17.6. The van der Waals surface area contributed by atoms with Crippen molar-refractivity contribution in [3.05, 3.63) is 11.6 Å². The smallest absolute Gasteiger partial charge is 0.143 e. The summed E-state index contributed by atoms with van der Waals surface area (Å²) in [5.74, 6) is 1.74. The zero-order chi connectivity index (χ0) is 27.9. The molecule has 220 valence electrons. The number of aliphatic hydroxyl groups is 1. The zero-order valence-electron chi connectivity index (χ0n) is 26.6. The Morgan fingerprint density at radius 2 is 0.816 bits per heavy atom. The van der Waals surface area contributed by atoms with Crippen LogP contribution in [0.4, 0.5) is 0 Å². The van der Waals surface area contributed by atoms with E-state index in [1.165, 1.54) is 70.0 Å². The molecule has 4 fully saturated rings. The largest absolute Gasteiger partial charge is 0.509 e. The summed E-state index contributed by atoms with van der Waals surface area (Å²) in [5.41, 5.74) is 0.287. The number of hydrogen-bond donors (Lipinski definition) is 3. The van der Waals surface area contributed by atoms with Crippen molar-refractivity contribution in [2.45, 2.75) is 199 Å². The fourth-order valence-electron chi connectivity index (χ4n) is 9.44. The number of rotatable bonds is 6. The molecule has 2 heterocycles. The van der Waals surface area contributed by atoms with E-state index in [0.717, 1.165) is 25.7 Å². The molecule has 5 heteroatoms. The number of aliphatic hydroxyl groups excluding tert-OH is 1. The normalized spacial score (nSPS) is 28.6. The predicted octanol–water partition coefficient (Wildman–Crippen LogP) is 7.62. The van der Waals surface area contributed by atoms with Crippen molar-refractivity contribution in [2.24, 2.45) is 0 Å². The van der Waals surface area contributed by atoms with Crippen LogP contribution in [0.5, 0.6) is 0 Å². The Labute approximate surface area is 235 Å². The van der Waals surface area contributed by atoms with E-state index in [1.54, 1.807) is 0 Å². The molecule has 0 aromatic heterocycles. The number of hydrogen-bond acceptors (Lipinski definition) is 5. The third-order valence-electron chi connectivity index (χ3n) is 9.87. The second kappa shape index (κ2) is 11.1. The first-order valence-electron chi connectivity index (χ1n) is 16.1. The Balaban J connectivity index is 1.82. The summed E-state index contributed by atoms with van der Waals surface area (Å²) in [5, 5.41) is 19.6. The Morgan fingerprint density at radius 1 is 0.526 bits per heavy atom. The second-order valence-corrected chi connectivity index (χ2v) is 16.2. The molecule has 0 aromatic rings. The first-order valence-corrected chi connectivity index (χ1v) is 16.1. The van der Waals surface area contributed by atoms with Gasteiger partial charge in [0, 0.05) is 46.3 Å². The summed E-state index contributed by atoms with van der Waals surface area (Å²) >= 11 is 0. The van der Waals surface area contributed by atoms with Gasteiger partial charge < -0.3 is 25.5 Å². The van der Waals surface area contributed by atoms with Crippen molar-refractivity contribution in [1.29, 1.82) is 0 Å². The Kier molecular flexibility index (Phi) is 8.81. The monoisotopic (exact) mass is 530 g/mol. The lowest BCUT2D eigenvalue weighted by atomic mass is 9.76.